The maximum atomic E-state index is 13.0. The van der Waals surface area contributed by atoms with Crippen molar-refractivity contribution < 1.29 is 27.5 Å². The van der Waals surface area contributed by atoms with E-state index in [-0.39, 0.29) is 16.1 Å². The molecule has 26 heavy (non-hydrogen) atoms. The third-order valence-corrected chi connectivity index (χ3v) is 3.36. The second kappa shape index (κ2) is 7.89. The van der Waals surface area contributed by atoms with Crippen molar-refractivity contribution in [2.75, 3.05) is 11.9 Å². The maximum Gasteiger partial charge on any atom is 0.418 e. The standard InChI is InChI=1S/C17H10ClF3N2O3/c18-12-4-5-14(13(7-12)17(19,20)21)23-15(24)9-26-16(25)11-3-1-2-10(6-11)8-22/h1-7H,9H2,(H,23,24). The predicted octanol–water partition coefficient (Wildman–Crippen LogP) is 4.03. The summed E-state index contributed by atoms with van der Waals surface area (Å²) in [5, 5.41) is 10.7. The summed E-state index contributed by atoms with van der Waals surface area (Å²) in [5.41, 5.74) is -1.36. The summed E-state index contributed by atoms with van der Waals surface area (Å²) in [6.45, 7) is -0.796. The Balaban J connectivity index is 2.04. The van der Waals surface area contributed by atoms with Gasteiger partial charge in [-0.15, -0.1) is 0 Å². The first-order chi connectivity index (χ1) is 12.2. The monoisotopic (exact) mass is 382 g/mol. The topological polar surface area (TPSA) is 79.2 Å². The highest BCUT2D eigenvalue weighted by Crippen LogP contribution is 2.36. The highest BCUT2D eigenvalue weighted by atomic mass is 35.5. The van der Waals surface area contributed by atoms with Crippen LogP contribution in [0.2, 0.25) is 5.02 Å². The van der Waals surface area contributed by atoms with E-state index < -0.39 is 35.9 Å². The maximum absolute atomic E-state index is 13.0. The molecule has 0 spiro atoms. The minimum atomic E-state index is -4.72. The molecule has 0 bridgehead atoms. The molecule has 2 aromatic rings. The van der Waals surface area contributed by atoms with Gasteiger partial charge in [-0.25, -0.2) is 4.79 Å². The molecular weight excluding hydrogens is 373 g/mol. The molecule has 0 aliphatic heterocycles. The van der Waals surface area contributed by atoms with Crippen molar-refractivity contribution in [1.29, 1.82) is 5.26 Å². The molecule has 0 atom stereocenters. The van der Waals surface area contributed by atoms with Crippen LogP contribution in [0.1, 0.15) is 21.5 Å². The molecule has 5 nitrogen and oxygen atoms in total. The molecule has 0 aliphatic carbocycles. The lowest BCUT2D eigenvalue weighted by Crippen LogP contribution is -2.22. The third kappa shape index (κ3) is 4.97. The normalized spacial score (nSPS) is 10.7. The van der Waals surface area contributed by atoms with E-state index in [1.165, 1.54) is 30.3 Å². The van der Waals surface area contributed by atoms with Gasteiger partial charge in [-0.3, -0.25) is 4.79 Å². The molecule has 2 aromatic carbocycles. The summed E-state index contributed by atoms with van der Waals surface area (Å²) in [6.07, 6.45) is -4.72. The molecule has 0 saturated carbocycles. The second-order valence-electron chi connectivity index (χ2n) is 5.00. The van der Waals surface area contributed by atoms with Crippen LogP contribution >= 0.6 is 11.6 Å². The van der Waals surface area contributed by atoms with Gasteiger partial charge in [0.25, 0.3) is 5.91 Å². The number of anilines is 1. The number of alkyl halides is 3. The van der Waals surface area contributed by atoms with E-state index in [1.807, 2.05) is 11.4 Å². The molecule has 1 amide bonds. The van der Waals surface area contributed by atoms with E-state index >= 15 is 0 Å². The second-order valence-corrected chi connectivity index (χ2v) is 5.44. The Bertz CT molecular complexity index is 892. The summed E-state index contributed by atoms with van der Waals surface area (Å²) < 4.78 is 43.6. The zero-order valence-corrected chi connectivity index (χ0v) is 13.7. The largest absolute Gasteiger partial charge is 0.452 e. The predicted molar refractivity (Wildman–Crippen MR) is 86.5 cm³/mol. The highest BCUT2D eigenvalue weighted by molar-refractivity contribution is 6.30. The number of ether oxygens (including phenoxy) is 1. The molecule has 0 aromatic heterocycles. The quantitative estimate of drug-likeness (QED) is 0.810. The number of esters is 1. The SMILES string of the molecule is N#Cc1cccc(C(=O)OCC(=O)Nc2ccc(Cl)cc2C(F)(F)F)c1. The fourth-order valence-electron chi connectivity index (χ4n) is 1.98. The lowest BCUT2D eigenvalue weighted by atomic mass is 10.1. The molecule has 134 valence electrons. The molecule has 0 unspecified atom stereocenters. The van der Waals surface area contributed by atoms with E-state index in [4.69, 9.17) is 21.6 Å². The van der Waals surface area contributed by atoms with Crippen molar-refractivity contribution in [2.45, 2.75) is 6.18 Å². The van der Waals surface area contributed by atoms with Crippen molar-refractivity contribution in [2.24, 2.45) is 0 Å². The Kier molecular flexibility index (Phi) is 5.85. The molecule has 0 radical (unpaired) electrons. The van der Waals surface area contributed by atoms with Gasteiger partial charge in [0.15, 0.2) is 6.61 Å². The van der Waals surface area contributed by atoms with Gasteiger partial charge < -0.3 is 10.1 Å². The number of amides is 1. The summed E-state index contributed by atoms with van der Waals surface area (Å²) in [5.74, 6) is -1.84. The molecule has 9 heteroatoms. The lowest BCUT2D eigenvalue weighted by molar-refractivity contribution is -0.137. The minimum absolute atomic E-state index is 0.0410. The Morgan fingerprint density at radius 1 is 1.19 bits per heavy atom. The van der Waals surface area contributed by atoms with Gasteiger partial charge in [0, 0.05) is 5.02 Å². The van der Waals surface area contributed by atoms with Crippen LogP contribution in [-0.2, 0) is 15.7 Å². The third-order valence-electron chi connectivity index (χ3n) is 3.12. The first-order valence-electron chi connectivity index (χ1n) is 7.04. The van der Waals surface area contributed by atoms with Gasteiger partial charge in [-0.1, -0.05) is 17.7 Å². The van der Waals surface area contributed by atoms with Crippen molar-refractivity contribution >= 4 is 29.2 Å². The number of nitrogens with one attached hydrogen (secondary N) is 1. The number of rotatable bonds is 4. The van der Waals surface area contributed by atoms with Crippen LogP contribution in [-0.4, -0.2) is 18.5 Å². The number of hydrogen-bond acceptors (Lipinski definition) is 4. The van der Waals surface area contributed by atoms with Crippen molar-refractivity contribution in [3.8, 4) is 6.07 Å². The van der Waals surface area contributed by atoms with Gasteiger partial charge in [0.2, 0.25) is 0 Å². The number of hydrogen-bond donors (Lipinski definition) is 1. The van der Waals surface area contributed by atoms with Crippen LogP contribution in [0.15, 0.2) is 42.5 Å². The van der Waals surface area contributed by atoms with Crippen LogP contribution in [0, 0.1) is 11.3 Å². The average Bonchev–Trinajstić information content (AvgIpc) is 2.60. The lowest BCUT2D eigenvalue weighted by Gasteiger charge is -2.14. The molecule has 1 N–H and O–H groups in total. The van der Waals surface area contributed by atoms with E-state index in [0.29, 0.717) is 6.07 Å². The molecule has 0 fully saturated rings. The summed E-state index contributed by atoms with van der Waals surface area (Å²) in [6, 6.07) is 10.3. The van der Waals surface area contributed by atoms with Gasteiger partial charge in [-0.2, -0.15) is 18.4 Å². The van der Waals surface area contributed by atoms with Crippen LogP contribution < -0.4 is 5.32 Å². The van der Waals surface area contributed by atoms with Gasteiger partial charge in [0.05, 0.1) is 28.4 Å². The van der Waals surface area contributed by atoms with Gasteiger partial charge in [0.1, 0.15) is 0 Å². The number of nitriles is 1. The zero-order valence-electron chi connectivity index (χ0n) is 12.9. The van der Waals surface area contributed by atoms with E-state index in [9.17, 15) is 22.8 Å². The number of nitrogens with zero attached hydrogens (tertiary/aromatic N) is 1. The fraction of sp³-hybridized carbons (Fsp3) is 0.118. The Morgan fingerprint density at radius 2 is 1.92 bits per heavy atom. The Morgan fingerprint density at radius 3 is 2.58 bits per heavy atom. The number of carbonyl (C=O) groups excluding carboxylic acids is 2. The molecule has 2 rings (SSSR count). The Hall–Kier alpha value is -3.05. The summed E-state index contributed by atoms with van der Waals surface area (Å²) >= 11 is 5.55. The van der Waals surface area contributed by atoms with E-state index in [0.717, 1.165) is 6.07 Å². The van der Waals surface area contributed by atoms with Crippen LogP contribution in [0.25, 0.3) is 0 Å². The Labute approximate surface area is 150 Å². The van der Waals surface area contributed by atoms with Crippen molar-refractivity contribution in [3.05, 3.63) is 64.2 Å². The van der Waals surface area contributed by atoms with Crippen LogP contribution in [0.5, 0.6) is 0 Å². The number of carbonyl (C=O) groups is 2. The smallest absolute Gasteiger partial charge is 0.418 e. The zero-order chi connectivity index (χ0) is 19.3. The van der Waals surface area contributed by atoms with Crippen LogP contribution in [0.3, 0.4) is 0 Å². The minimum Gasteiger partial charge on any atom is -0.452 e. The van der Waals surface area contributed by atoms with E-state index in [1.54, 1.807) is 0 Å². The van der Waals surface area contributed by atoms with Crippen LogP contribution in [0.4, 0.5) is 18.9 Å². The molecular formula is C17H10ClF3N2O3. The fourth-order valence-corrected chi connectivity index (χ4v) is 2.15. The summed E-state index contributed by atoms with van der Waals surface area (Å²) in [7, 11) is 0. The van der Waals surface area contributed by atoms with Gasteiger partial charge in [-0.05, 0) is 36.4 Å². The average molecular weight is 383 g/mol. The molecule has 0 heterocycles. The first-order valence-corrected chi connectivity index (χ1v) is 7.42. The number of benzene rings is 2. The summed E-state index contributed by atoms with van der Waals surface area (Å²) in [4.78, 5) is 23.6. The molecule has 0 aliphatic rings. The first kappa shape index (κ1) is 19.3. The molecule has 0 saturated heterocycles. The van der Waals surface area contributed by atoms with Gasteiger partial charge >= 0.3 is 12.1 Å². The van der Waals surface area contributed by atoms with E-state index in [2.05, 4.69) is 0 Å². The number of halogens is 4. The highest BCUT2D eigenvalue weighted by Gasteiger charge is 2.34. The van der Waals surface area contributed by atoms with Crippen molar-refractivity contribution in [1.82, 2.24) is 0 Å². The van der Waals surface area contributed by atoms with Crippen molar-refractivity contribution in [3.63, 3.8) is 0 Å².